The van der Waals surface area contributed by atoms with E-state index in [-0.39, 0.29) is 11.3 Å². The summed E-state index contributed by atoms with van der Waals surface area (Å²) in [5.74, 6) is 0. The van der Waals surface area contributed by atoms with Crippen LogP contribution in [0.5, 0.6) is 0 Å². The highest BCUT2D eigenvalue weighted by Crippen LogP contribution is 2.23. The van der Waals surface area contributed by atoms with E-state index in [0.29, 0.717) is 5.69 Å². The van der Waals surface area contributed by atoms with Gasteiger partial charge in [0.05, 0.1) is 0 Å². The Hall–Kier alpha value is -3.55. The lowest BCUT2D eigenvalue weighted by molar-refractivity contribution is 1.37. The monoisotopic (exact) mass is 270 g/mol. The Bertz CT molecular complexity index is 783. The molecule has 0 aliphatic rings. The van der Waals surface area contributed by atoms with E-state index in [2.05, 4.69) is 5.32 Å². The molecule has 0 saturated carbocycles. The molecule has 0 radical (unpaired) electrons. The largest absolute Gasteiger partial charge is 0.345 e. The lowest BCUT2D eigenvalue weighted by Crippen LogP contribution is -2.00. The van der Waals surface area contributed by atoms with Crippen LogP contribution in [0.2, 0.25) is 0 Å². The second-order valence-electron chi connectivity index (χ2n) is 4.16. The quantitative estimate of drug-likeness (QED) is 0.864. The van der Waals surface area contributed by atoms with Crippen molar-refractivity contribution in [2.75, 3.05) is 5.32 Å². The molecule has 0 atom stereocenters. The minimum absolute atomic E-state index is 0.0507. The van der Waals surface area contributed by atoms with Crippen LogP contribution in [0.4, 0.5) is 5.69 Å². The first-order valence-corrected chi connectivity index (χ1v) is 6.15. The normalized spacial score (nSPS) is 8.81. The predicted octanol–water partition coefficient (Wildman–Crippen LogP) is 3.59. The number of hydrogen-bond donors (Lipinski definition) is 1. The average molecular weight is 270 g/mol. The highest BCUT2D eigenvalue weighted by Gasteiger charge is 2.06. The van der Waals surface area contributed by atoms with Crippen LogP contribution in [0, 0.1) is 34.0 Å². The molecular weight excluding hydrogens is 260 g/mol. The summed E-state index contributed by atoms with van der Waals surface area (Å²) >= 11 is 0. The molecule has 4 heteroatoms. The van der Waals surface area contributed by atoms with Crippen molar-refractivity contribution >= 4 is 5.69 Å². The Morgan fingerprint density at radius 1 is 0.762 bits per heavy atom. The first-order chi connectivity index (χ1) is 10.3. The molecule has 2 rings (SSSR count). The predicted molar refractivity (Wildman–Crippen MR) is 79.4 cm³/mol. The number of rotatable bonds is 3. The van der Waals surface area contributed by atoms with Gasteiger partial charge >= 0.3 is 0 Å². The number of hydrogen-bond acceptors (Lipinski definition) is 4. The highest BCUT2D eigenvalue weighted by molar-refractivity contribution is 5.69. The van der Waals surface area contributed by atoms with E-state index in [0.717, 1.165) is 11.1 Å². The molecular formula is C17H10N4. The lowest BCUT2D eigenvalue weighted by Gasteiger charge is -2.07. The van der Waals surface area contributed by atoms with Crippen molar-refractivity contribution in [3.8, 4) is 29.3 Å². The van der Waals surface area contributed by atoms with Crippen LogP contribution in [-0.4, -0.2) is 0 Å². The highest BCUT2D eigenvalue weighted by atomic mass is 14.9. The Morgan fingerprint density at radius 3 is 2.05 bits per heavy atom. The van der Waals surface area contributed by atoms with Crippen LogP contribution in [0.25, 0.3) is 11.1 Å². The molecule has 0 aliphatic carbocycles. The fourth-order valence-corrected chi connectivity index (χ4v) is 1.83. The van der Waals surface area contributed by atoms with E-state index < -0.39 is 0 Å². The zero-order chi connectivity index (χ0) is 15.1. The topological polar surface area (TPSA) is 83.4 Å². The third kappa shape index (κ3) is 3.26. The molecule has 0 aliphatic heterocycles. The fourth-order valence-electron chi connectivity index (χ4n) is 1.83. The SMILES string of the molecule is N#CC(C#N)=C(C#N)Nc1cccc(-c2ccccc2)c1. The van der Waals surface area contributed by atoms with E-state index in [4.69, 9.17) is 15.8 Å². The maximum Gasteiger partial charge on any atom is 0.163 e. The van der Waals surface area contributed by atoms with Crippen molar-refractivity contribution in [3.05, 3.63) is 65.9 Å². The molecule has 4 nitrogen and oxygen atoms in total. The van der Waals surface area contributed by atoms with Gasteiger partial charge < -0.3 is 5.32 Å². The molecule has 0 spiro atoms. The smallest absolute Gasteiger partial charge is 0.163 e. The van der Waals surface area contributed by atoms with Crippen molar-refractivity contribution < 1.29 is 0 Å². The van der Waals surface area contributed by atoms with Gasteiger partial charge in [-0.2, -0.15) is 15.8 Å². The lowest BCUT2D eigenvalue weighted by atomic mass is 10.1. The number of nitriles is 3. The summed E-state index contributed by atoms with van der Waals surface area (Å²) in [7, 11) is 0. The Balaban J connectivity index is 2.36. The number of nitrogens with zero attached hydrogens (tertiary/aromatic N) is 3. The molecule has 0 aromatic heterocycles. The number of nitrogens with one attached hydrogen (secondary N) is 1. The minimum Gasteiger partial charge on any atom is -0.345 e. The molecule has 0 unspecified atom stereocenters. The molecule has 2 aromatic rings. The maximum atomic E-state index is 9.03. The zero-order valence-electron chi connectivity index (χ0n) is 11.0. The van der Waals surface area contributed by atoms with E-state index in [1.807, 2.05) is 54.6 Å². The Kier molecular flexibility index (Phi) is 4.34. The van der Waals surface area contributed by atoms with Crippen LogP contribution in [0.15, 0.2) is 65.9 Å². The first kappa shape index (κ1) is 13.9. The van der Waals surface area contributed by atoms with Crippen LogP contribution in [0.1, 0.15) is 0 Å². The van der Waals surface area contributed by atoms with Crippen LogP contribution in [0.3, 0.4) is 0 Å². The molecule has 0 bridgehead atoms. The minimum atomic E-state index is -0.234. The average Bonchev–Trinajstić information content (AvgIpc) is 2.56. The summed E-state index contributed by atoms with van der Waals surface area (Å²) in [6, 6.07) is 22.5. The standard InChI is InChI=1S/C17H10N4/c18-10-15(11-19)17(12-20)21-16-8-4-7-14(9-16)13-5-2-1-3-6-13/h1-9,21H. The molecule has 98 valence electrons. The van der Waals surface area contributed by atoms with Crippen molar-refractivity contribution in [2.24, 2.45) is 0 Å². The molecule has 2 aromatic carbocycles. The summed E-state index contributed by atoms with van der Waals surface area (Å²) in [6.07, 6.45) is 0. The number of benzene rings is 2. The summed E-state index contributed by atoms with van der Waals surface area (Å²) in [5.41, 5.74) is 2.39. The van der Waals surface area contributed by atoms with Crippen molar-refractivity contribution in [2.45, 2.75) is 0 Å². The summed E-state index contributed by atoms with van der Waals surface area (Å²) < 4.78 is 0. The number of anilines is 1. The van der Waals surface area contributed by atoms with Gasteiger partial charge in [-0.1, -0.05) is 42.5 Å². The molecule has 1 N–H and O–H groups in total. The molecule has 21 heavy (non-hydrogen) atoms. The summed E-state index contributed by atoms with van der Waals surface area (Å²) in [5, 5.41) is 29.5. The van der Waals surface area contributed by atoms with Crippen LogP contribution < -0.4 is 5.32 Å². The van der Waals surface area contributed by atoms with Gasteiger partial charge in [-0.15, -0.1) is 0 Å². The van der Waals surface area contributed by atoms with Gasteiger partial charge in [0, 0.05) is 5.69 Å². The van der Waals surface area contributed by atoms with Gasteiger partial charge in [0.2, 0.25) is 0 Å². The third-order valence-corrected chi connectivity index (χ3v) is 2.82. The van der Waals surface area contributed by atoms with Gasteiger partial charge in [0.15, 0.2) is 5.57 Å². The maximum absolute atomic E-state index is 9.03. The van der Waals surface area contributed by atoms with Crippen molar-refractivity contribution in [1.29, 1.82) is 15.8 Å². The van der Waals surface area contributed by atoms with E-state index in [1.54, 1.807) is 18.2 Å². The van der Waals surface area contributed by atoms with E-state index in [9.17, 15) is 0 Å². The van der Waals surface area contributed by atoms with Crippen molar-refractivity contribution in [3.63, 3.8) is 0 Å². The molecule has 0 fully saturated rings. The fraction of sp³-hybridized carbons (Fsp3) is 0. The second kappa shape index (κ2) is 6.57. The Labute approximate surface area is 122 Å². The van der Waals surface area contributed by atoms with Crippen LogP contribution >= 0.6 is 0 Å². The zero-order valence-corrected chi connectivity index (χ0v) is 11.0. The van der Waals surface area contributed by atoms with Gasteiger partial charge in [0.1, 0.15) is 23.9 Å². The summed E-state index contributed by atoms with van der Waals surface area (Å²) in [6.45, 7) is 0. The number of allylic oxidation sites excluding steroid dienone is 2. The van der Waals surface area contributed by atoms with Gasteiger partial charge in [-0.25, -0.2) is 0 Å². The van der Waals surface area contributed by atoms with Crippen LogP contribution in [-0.2, 0) is 0 Å². The van der Waals surface area contributed by atoms with Gasteiger partial charge in [0.25, 0.3) is 0 Å². The van der Waals surface area contributed by atoms with Gasteiger partial charge in [-0.05, 0) is 23.3 Å². The van der Waals surface area contributed by atoms with E-state index >= 15 is 0 Å². The molecule has 0 amide bonds. The second-order valence-corrected chi connectivity index (χ2v) is 4.16. The van der Waals surface area contributed by atoms with E-state index in [1.165, 1.54) is 0 Å². The van der Waals surface area contributed by atoms with Crippen molar-refractivity contribution in [1.82, 2.24) is 0 Å². The first-order valence-electron chi connectivity index (χ1n) is 6.15. The Morgan fingerprint density at radius 2 is 1.43 bits per heavy atom. The summed E-state index contributed by atoms with van der Waals surface area (Å²) in [4.78, 5) is 0. The third-order valence-electron chi connectivity index (χ3n) is 2.82. The molecule has 0 saturated heterocycles. The van der Waals surface area contributed by atoms with Gasteiger partial charge in [-0.3, -0.25) is 0 Å². The molecule has 0 heterocycles.